The first-order valence-corrected chi connectivity index (χ1v) is 12.6. The van der Waals surface area contributed by atoms with E-state index in [1.807, 2.05) is 9.58 Å². The Morgan fingerprint density at radius 1 is 1.03 bits per heavy atom. The van der Waals surface area contributed by atoms with Crippen LogP contribution in [-0.2, 0) is 11.0 Å². The molecule has 3 fully saturated rings. The molecule has 1 saturated carbocycles. The van der Waals surface area contributed by atoms with Crippen molar-refractivity contribution >= 4 is 24.3 Å². The van der Waals surface area contributed by atoms with Crippen molar-refractivity contribution in [3.8, 4) is 0 Å². The molecule has 1 aliphatic carbocycles. The van der Waals surface area contributed by atoms with Gasteiger partial charge in [-0.1, -0.05) is 18.2 Å². The number of halogens is 4. The first kappa shape index (κ1) is 27.4. The Morgan fingerprint density at radius 2 is 1.70 bits per heavy atom. The summed E-state index contributed by atoms with van der Waals surface area (Å²) in [6, 6.07) is 5.21. The monoisotopic (exact) mass is 540 g/mol. The van der Waals surface area contributed by atoms with Crippen LogP contribution in [0.15, 0.2) is 30.5 Å². The number of carbonyl (C=O) groups is 2. The van der Waals surface area contributed by atoms with Gasteiger partial charge in [0.2, 0.25) is 0 Å². The van der Waals surface area contributed by atoms with Gasteiger partial charge in [-0.2, -0.15) is 18.3 Å². The number of nitrogens with zero attached hydrogens (tertiary/aromatic N) is 4. The van der Waals surface area contributed by atoms with Gasteiger partial charge in [0.25, 0.3) is 5.91 Å². The van der Waals surface area contributed by atoms with Crippen molar-refractivity contribution in [2.75, 3.05) is 26.2 Å². The van der Waals surface area contributed by atoms with Gasteiger partial charge in [0.05, 0.1) is 29.1 Å². The molecular formula is C26H32ClF3N4O3. The summed E-state index contributed by atoms with van der Waals surface area (Å²) in [4.78, 5) is 28.5. The first-order valence-electron chi connectivity index (χ1n) is 12.6. The summed E-state index contributed by atoms with van der Waals surface area (Å²) in [5.74, 6) is -1.08. The fraction of sp³-hybridized carbons (Fsp3) is 0.577. The Bertz CT molecular complexity index is 1140. The van der Waals surface area contributed by atoms with Crippen LogP contribution in [0.1, 0.15) is 84.1 Å². The number of benzene rings is 1. The zero-order valence-electron chi connectivity index (χ0n) is 20.7. The summed E-state index contributed by atoms with van der Waals surface area (Å²) in [5.41, 5.74) is 1.12. The molecule has 0 spiro atoms. The number of amides is 1. The molecule has 2 saturated heterocycles. The van der Waals surface area contributed by atoms with Crippen molar-refractivity contribution in [3.05, 3.63) is 52.8 Å². The van der Waals surface area contributed by atoms with Crippen LogP contribution in [0.3, 0.4) is 0 Å². The van der Waals surface area contributed by atoms with Gasteiger partial charge in [-0.15, -0.1) is 12.4 Å². The van der Waals surface area contributed by atoms with Crippen molar-refractivity contribution in [3.63, 3.8) is 0 Å². The quantitative estimate of drug-likeness (QED) is 0.561. The smallest absolute Gasteiger partial charge is 0.416 e. The number of aliphatic carboxylic acids is 1. The van der Waals surface area contributed by atoms with Crippen LogP contribution in [0, 0.1) is 0 Å². The molecule has 1 N–H and O–H groups in total. The van der Waals surface area contributed by atoms with Gasteiger partial charge in [-0.05, 0) is 50.7 Å². The van der Waals surface area contributed by atoms with Gasteiger partial charge in [-0.3, -0.25) is 19.2 Å². The third kappa shape index (κ3) is 5.50. The van der Waals surface area contributed by atoms with E-state index in [9.17, 15) is 27.9 Å². The van der Waals surface area contributed by atoms with Gasteiger partial charge in [0.15, 0.2) is 0 Å². The van der Waals surface area contributed by atoms with E-state index in [-0.39, 0.29) is 48.3 Å². The van der Waals surface area contributed by atoms with Crippen LogP contribution >= 0.6 is 12.4 Å². The third-order valence-corrected chi connectivity index (χ3v) is 7.96. The molecular weight excluding hydrogens is 509 g/mol. The Kier molecular flexibility index (Phi) is 7.90. The molecule has 1 aromatic carbocycles. The SMILES string of the molecule is C[C@@H](C(=O)O)N1CCC(n2ncc(C(=O)N3CCC(c4ccccc4C(F)(F)F)C3)c2C2CC2)CC1.Cl. The number of hydrogen-bond donors (Lipinski definition) is 1. The van der Waals surface area contributed by atoms with E-state index < -0.39 is 23.8 Å². The number of alkyl halides is 3. The van der Waals surface area contributed by atoms with Gasteiger partial charge in [0.1, 0.15) is 6.04 Å². The van der Waals surface area contributed by atoms with Crippen molar-refractivity contribution in [1.29, 1.82) is 0 Å². The van der Waals surface area contributed by atoms with Crippen LogP contribution in [0.5, 0.6) is 0 Å². The Labute approximate surface area is 220 Å². The highest BCUT2D eigenvalue weighted by Gasteiger charge is 2.40. The van der Waals surface area contributed by atoms with Crippen LogP contribution in [0.4, 0.5) is 13.2 Å². The Balaban J connectivity index is 0.00000320. The highest BCUT2D eigenvalue weighted by molar-refractivity contribution is 5.95. The predicted octanol–water partition coefficient (Wildman–Crippen LogP) is 4.94. The zero-order valence-corrected chi connectivity index (χ0v) is 21.5. The van der Waals surface area contributed by atoms with E-state index in [1.165, 1.54) is 12.1 Å². The fourth-order valence-corrected chi connectivity index (χ4v) is 5.75. The van der Waals surface area contributed by atoms with Gasteiger partial charge < -0.3 is 10.0 Å². The van der Waals surface area contributed by atoms with Crippen LogP contribution in [0.2, 0.25) is 0 Å². The predicted molar refractivity (Wildman–Crippen MR) is 133 cm³/mol. The summed E-state index contributed by atoms with van der Waals surface area (Å²) in [6.45, 7) is 3.66. The molecule has 11 heteroatoms. The van der Waals surface area contributed by atoms with Crippen LogP contribution < -0.4 is 0 Å². The number of carboxylic acid groups (broad SMARTS) is 1. The molecule has 3 heterocycles. The van der Waals surface area contributed by atoms with Crippen LogP contribution in [-0.4, -0.2) is 68.8 Å². The Morgan fingerprint density at radius 3 is 2.32 bits per heavy atom. The standard InChI is InChI=1S/C26H31F3N4O3.ClH/c1-16(25(35)36)31-12-9-19(10-13-31)33-23(17-6-7-17)21(14-30-33)24(34)32-11-8-18(15-32)20-4-2-3-5-22(20)26(27,28)29;/h2-5,14,16-19H,6-13,15H2,1H3,(H,35,36);1H/t16-,18?;/m0./s1. The maximum Gasteiger partial charge on any atom is 0.416 e. The van der Waals surface area contributed by atoms with Gasteiger partial charge in [0, 0.05) is 38.0 Å². The lowest BCUT2D eigenvalue weighted by atomic mass is 9.93. The summed E-state index contributed by atoms with van der Waals surface area (Å²) < 4.78 is 42.6. The number of carbonyl (C=O) groups excluding carboxylic acids is 1. The second-order valence-corrected chi connectivity index (χ2v) is 10.3. The van der Waals surface area contributed by atoms with E-state index in [0.29, 0.717) is 31.6 Å². The van der Waals surface area contributed by atoms with Crippen LogP contribution in [0.25, 0.3) is 0 Å². The van der Waals surface area contributed by atoms with E-state index in [2.05, 4.69) is 5.10 Å². The largest absolute Gasteiger partial charge is 0.480 e. The number of rotatable bonds is 6. The molecule has 5 rings (SSSR count). The molecule has 7 nitrogen and oxygen atoms in total. The Hall–Kier alpha value is -2.59. The molecule has 0 bridgehead atoms. The molecule has 1 unspecified atom stereocenters. The maximum atomic E-state index is 13.5. The number of likely N-dealkylation sites (tertiary alicyclic amines) is 2. The summed E-state index contributed by atoms with van der Waals surface area (Å²) in [5, 5.41) is 13.9. The molecule has 2 aromatic rings. The minimum absolute atomic E-state index is 0. The second kappa shape index (κ2) is 10.6. The molecule has 1 aromatic heterocycles. The summed E-state index contributed by atoms with van der Waals surface area (Å²) in [6.07, 6.45) is 1.18. The maximum absolute atomic E-state index is 13.5. The normalized spacial score (nSPS) is 22.1. The van der Waals surface area contributed by atoms with Crippen molar-refractivity contribution in [2.24, 2.45) is 0 Å². The molecule has 0 radical (unpaired) electrons. The highest BCUT2D eigenvalue weighted by atomic mass is 35.5. The molecule has 37 heavy (non-hydrogen) atoms. The topological polar surface area (TPSA) is 78.7 Å². The van der Waals surface area contributed by atoms with E-state index in [0.717, 1.165) is 37.4 Å². The fourth-order valence-electron chi connectivity index (χ4n) is 5.75. The second-order valence-electron chi connectivity index (χ2n) is 10.3. The zero-order chi connectivity index (χ0) is 25.6. The number of carboxylic acids is 1. The molecule has 2 aliphatic heterocycles. The van der Waals surface area contributed by atoms with Gasteiger partial charge >= 0.3 is 12.1 Å². The average Bonchev–Trinajstić information content (AvgIpc) is 3.40. The summed E-state index contributed by atoms with van der Waals surface area (Å²) >= 11 is 0. The lowest BCUT2D eigenvalue weighted by Gasteiger charge is -2.35. The van der Waals surface area contributed by atoms with E-state index in [1.54, 1.807) is 24.1 Å². The first-order chi connectivity index (χ1) is 17.1. The minimum Gasteiger partial charge on any atom is -0.480 e. The molecule has 2 atom stereocenters. The number of piperidine rings is 1. The molecule has 1 amide bonds. The third-order valence-electron chi connectivity index (χ3n) is 7.96. The van der Waals surface area contributed by atoms with E-state index >= 15 is 0 Å². The lowest BCUT2D eigenvalue weighted by Crippen LogP contribution is -2.44. The molecule has 202 valence electrons. The van der Waals surface area contributed by atoms with Crippen molar-refractivity contribution in [2.45, 2.75) is 69.1 Å². The highest BCUT2D eigenvalue weighted by Crippen LogP contribution is 2.44. The average molecular weight is 541 g/mol. The van der Waals surface area contributed by atoms with Crippen molar-refractivity contribution in [1.82, 2.24) is 19.6 Å². The number of aromatic nitrogens is 2. The van der Waals surface area contributed by atoms with Gasteiger partial charge in [-0.25, -0.2) is 0 Å². The number of hydrogen-bond acceptors (Lipinski definition) is 4. The summed E-state index contributed by atoms with van der Waals surface area (Å²) in [7, 11) is 0. The van der Waals surface area contributed by atoms with Crippen molar-refractivity contribution < 1.29 is 27.9 Å². The van der Waals surface area contributed by atoms with E-state index in [4.69, 9.17) is 0 Å². The molecule has 3 aliphatic rings. The minimum atomic E-state index is -4.42. The lowest BCUT2D eigenvalue weighted by molar-refractivity contribution is -0.143.